The second kappa shape index (κ2) is 5.77. The van der Waals surface area contributed by atoms with Crippen LogP contribution in [0.15, 0.2) is 28.7 Å². The zero-order valence-corrected chi connectivity index (χ0v) is 11.3. The van der Waals surface area contributed by atoms with Gasteiger partial charge in [-0.25, -0.2) is 0 Å². The first-order valence-electron chi connectivity index (χ1n) is 5.02. The molecule has 0 fully saturated rings. The Kier molecular flexibility index (Phi) is 4.92. The number of hydrogen-bond acceptors (Lipinski definition) is 3. The van der Waals surface area contributed by atoms with Crippen LogP contribution in [0, 0.1) is 0 Å². The van der Waals surface area contributed by atoms with Gasteiger partial charge in [0.15, 0.2) is 6.29 Å². The molecule has 0 heterocycles. The zero-order valence-electron chi connectivity index (χ0n) is 9.74. The number of halogens is 1. The third-order valence-corrected chi connectivity index (χ3v) is 2.88. The maximum Gasteiger partial charge on any atom is 0.185 e. The van der Waals surface area contributed by atoms with Crippen molar-refractivity contribution in [1.82, 2.24) is 0 Å². The minimum Gasteiger partial charge on any atom is -0.385 e. The first kappa shape index (κ1) is 13.6. The molecule has 0 bridgehead atoms. The highest BCUT2D eigenvalue weighted by Crippen LogP contribution is 2.21. The molecule has 4 heteroatoms. The van der Waals surface area contributed by atoms with Crippen molar-refractivity contribution >= 4 is 15.9 Å². The number of ether oxygens (including phenoxy) is 2. The standard InChI is InChI=1S/C12H17BrO3/c1-12(14,11(15-2)16-3)8-9-5-4-6-10(13)7-9/h4-7,11,14H,8H2,1-3H3. The molecule has 1 N–H and O–H groups in total. The van der Waals surface area contributed by atoms with Crippen LogP contribution in [-0.2, 0) is 15.9 Å². The van der Waals surface area contributed by atoms with Crippen molar-refractivity contribution in [3.8, 4) is 0 Å². The quantitative estimate of drug-likeness (QED) is 0.846. The molecule has 90 valence electrons. The minimum absolute atomic E-state index is 0.471. The normalized spacial score (nSPS) is 15.1. The molecule has 1 aromatic rings. The third-order valence-electron chi connectivity index (χ3n) is 2.39. The number of benzene rings is 1. The number of rotatable bonds is 5. The highest BCUT2D eigenvalue weighted by molar-refractivity contribution is 9.10. The summed E-state index contributed by atoms with van der Waals surface area (Å²) in [5.74, 6) is 0. The second-order valence-electron chi connectivity index (χ2n) is 3.97. The van der Waals surface area contributed by atoms with Crippen LogP contribution in [-0.4, -0.2) is 31.2 Å². The van der Waals surface area contributed by atoms with Crippen LogP contribution in [0.2, 0.25) is 0 Å². The van der Waals surface area contributed by atoms with Gasteiger partial charge in [-0.05, 0) is 24.6 Å². The lowest BCUT2D eigenvalue weighted by Gasteiger charge is -2.30. The van der Waals surface area contributed by atoms with E-state index in [1.54, 1.807) is 6.92 Å². The highest BCUT2D eigenvalue weighted by Gasteiger charge is 2.32. The molecule has 0 radical (unpaired) electrons. The van der Waals surface area contributed by atoms with E-state index in [4.69, 9.17) is 9.47 Å². The van der Waals surface area contributed by atoms with Crippen LogP contribution >= 0.6 is 15.9 Å². The van der Waals surface area contributed by atoms with E-state index in [9.17, 15) is 5.11 Å². The van der Waals surface area contributed by atoms with Crippen LogP contribution in [0.1, 0.15) is 12.5 Å². The molecule has 0 aliphatic carbocycles. The van der Waals surface area contributed by atoms with Crippen molar-refractivity contribution in [3.63, 3.8) is 0 Å². The van der Waals surface area contributed by atoms with Gasteiger partial charge >= 0.3 is 0 Å². The summed E-state index contributed by atoms with van der Waals surface area (Å²) in [6.45, 7) is 1.70. The highest BCUT2D eigenvalue weighted by atomic mass is 79.9. The average Bonchev–Trinajstić information content (AvgIpc) is 2.18. The molecule has 16 heavy (non-hydrogen) atoms. The largest absolute Gasteiger partial charge is 0.385 e. The molecule has 0 amide bonds. The molecule has 0 saturated carbocycles. The summed E-state index contributed by atoms with van der Waals surface area (Å²) in [6, 6.07) is 7.81. The van der Waals surface area contributed by atoms with Crippen molar-refractivity contribution in [3.05, 3.63) is 34.3 Å². The second-order valence-corrected chi connectivity index (χ2v) is 4.88. The lowest BCUT2D eigenvalue weighted by molar-refractivity contribution is -0.207. The summed E-state index contributed by atoms with van der Waals surface area (Å²) in [5.41, 5.74) is -0.0249. The van der Waals surface area contributed by atoms with Crippen LogP contribution in [0.3, 0.4) is 0 Å². The smallest absolute Gasteiger partial charge is 0.185 e. The molecule has 0 saturated heterocycles. The molecule has 1 rings (SSSR count). The van der Waals surface area contributed by atoms with E-state index in [1.807, 2.05) is 24.3 Å². The van der Waals surface area contributed by atoms with Gasteiger partial charge in [-0.15, -0.1) is 0 Å². The minimum atomic E-state index is -1.05. The topological polar surface area (TPSA) is 38.7 Å². The van der Waals surface area contributed by atoms with Gasteiger partial charge in [0.1, 0.15) is 5.60 Å². The molecule has 0 spiro atoms. The third kappa shape index (κ3) is 3.56. The van der Waals surface area contributed by atoms with E-state index in [-0.39, 0.29) is 0 Å². The van der Waals surface area contributed by atoms with Gasteiger partial charge in [-0.1, -0.05) is 28.1 Å². The Labute approximate surface area is 105 Å². The van der Waals surface area contributed by atoms with Crippen LogP contribution in [0.5, 0.6) is 0 Å². The Morgan fingerprint density at radius 1 is 1.38 bits per heavy atom. The Morgan fingerprint density at radius 3 is 2.50 bits per heavy atom. The maximum absolute atomic E-state index is 10.3. The predicted molar refractivity (Wildman–Crippen MR) is 66.3 cm³/mol. The van der Waals surface area contributed by atoms with Crippen LogP contribution in [0.4, 0.5) is 0 Å². The molecule has 3 nitrogen and oxygen atoms in total. The SMILES string of the molecule is COC(OC)C(C)(O)Cc1cccc(Br)c1. The monoisotopic (exact) mass is 288 g/mol. The van der Waals surface area contributed by atoms with E-state index in [0.717, 1.165) is 10.0 Å². The molecule has 1 unspecified atom stereocenters. The van der Waals surface area contributed by atoms with Gasteiger partial charge in [-0.3, -0.25) is 0 Å². The summed E-state index contributed by atoms with van der Waals surface area (Å²) in [6.07, 6.45) is -0.162. The van der Waals surface area contributed by atoms with E-state index in [0.29, 0.717) is 6.42 Å². The Balaban J connectivity index is 2.79. The van der Waals surface area contributed by atoms with Gasteiger partial charge in [0.25, 0.3) is 0 Å². The average molecular weight is 289 g/mol. The number of methoxy groups -OCH3 is 2. The van der Waals surface area contributed by atoms with Gasteiger partial charge in [0.2, 0.25) is 0 Å². The van der Waals surface area contributed by atoms with Crippen LogP contribution in [0.25, 0.3) is 0 Å². The van der Waals surface area contributed by atoms with Crippen molar-refractivity contribution in [2.75, 3.05) is 14.2 Å². The van der Waals surface area contributed by atoms with Gasteiger partial charge in [0, 0.05) is 25.1 Å². The van der Waals surface area contributed by atoms with Gasteiger partial charge < -0.3 is 14.6 Å². The summed E-state index contributed by atoms with van der Waals surface area (Å²) in [4.78, 5) is 0. The molecular weight excluding hydrogens is 272 g/mol. The lowest BCUT2D eigenvalue weighted by atomic mass is 9.96. The molecule has 1 aromatic carbocycles. The Hall–Kier alpha value is -0.420. The molecule has 0 aliphatic rings. The Morgan fingerprint density at radius 2 is 2.00 bits per heavy atom. The van der Waals surface area contributed by atoms with E-state index in [2.05, 4.69) is 15.9 Å². The lowest BCUT2D eigenvalue weighted by Crippen LogP contribution is -2.43. The summed E-state index contributed by atoms with van der Waals surface area (Å²) in [5, 5.41) is 10.3. The maximum atomic E-state index is 10.3. The van der Waals surface area contributed by atoms with Gasteiger partial charge in [0.05, 0.1) is 0 Å². The predicted octanol–water partition coefficient (Wildman–Crippen LogP) is 2.36. The Bertz CT molecular complexity index is 335. The van der Waals surface area contributed by atoms with Crippen molar-refractivity contribution in [2.24, 2.45) is 0 Å². The fraction of sp³-hybridized carbons (Fsp3) is 0.500. The number of hydrogen-bond donors (Lipinski definition) is 1. The zero-order chi connectivity index (χ0) is 12.2. The fourth-order valence-corrected chi connectivity index (χ4v) is 2.19. The molecule has 0 aromatic heterocycles. The van der Waals surface area contributed by atoms with E-state index < -0.39 is 11.9 Å². The van der Waals surface area contributed by atoms with Gasteiger partial charge in [-0.2, -0.15) is 0 Å². The van der Waals surface area contributed by atoms with Crippen molar-refractivity contribution in [2.45, 2.75) is 25.2 Å². The summed E-state index contributed by atoms with van der Waals surface area (Å²) in [7, 11) is 3.03. The summed E-state index contributed by atoms with van der Waals surface area (Å²) < 4.78 is 11.2. The van der Waals surface area contributed by atoms with Crippen LogP contribution < -0.4 is 0 Å². The molecule has 1 atom stereocenters. The molecular formula is C12H17BrO3. The van der Waals surface area contributed by atoms with E-state index in [1.165, 1.54) is 14.2 Å². The van der Waals surface area contributed by atoms with Crippen molar-refractivity contribution in [1.29, 1.82) is 0 Å². The summed E-state index contributed by atoms with van der Waals surface area (Å²) >= 11 is 3.40. The van der Waals surface area contributed by atoms with E-state index >= 15 is 0 Å². The van der Waals surface area contributed by atoms with Crippen molar-refractivity contribution < 1.29 is 14.6 Å². The first-order valence-corrected chi connectivity index (χ1v) is 5.81. The number of aliphatic hydroxyl groups is 1. The molecule has 0 aliphatic heterocycles. The fourth-order valence-electron chi connectivity index (χ4n) is 1.75. The first-order chi connectivity index (χ1) is 7.49.